The Morgan fingerprint density at radius 1 is 1.00 bits per heavy atom. The average molecular weight is 450 g/mol. The first-order valence-corrected chi connectivity index (χ1v) is 11.9. The van der Waals surface area contributed by atoms with Gasteiger partial charge in [-0.3, -0.25) is 14.5 Å². The highest BCUT2D eigenvalue weighted by Gasteiger charge is 2.40. The number of benzene rings is 2. The number of carbonyl (C=O) groups excluding carboxylic acids is 2. The van der Waals surface area contributed by atoms with Crippen molar-refractivity contribution in [2.75, 3.05) is 4.90 Å². The van der Waals surface area contributed by atoms with Crippen molar-refractivity contribution in [3.8, 4) is 0 Å². The third kappa shape index (κ3) is 3.69. The summed E-state index contributed by atoms with van der Waals surface area (Å²) >= 11 is 6.12. The van der Waals surface area contributed by atoms with Crippen LogP contribution in [0.4, 0.5) is 5.69 Å². The van der Waals surface area contributed by atoms with Gasteiger partial charge in [-0.2, -0.15) is 0 Å². The number of rotatable bonds is 3. The molecule has 1 atom stereocenters. The molecule has 32 heavy (non-hydrogen) atoms. The Labute approximate surface area is 193 Å². The predicted octanol–water partition coefficient (Wildman–Crippen LogP) is 5.30. The van der Waals surface area contributed by atoms with Gasteiger partial charge in [-0.05, 0) is 55.2 Å². The first-order chi connectivity index (χ1) is 15.5. The largest absolute Gasteiger partial charge is 0.351 e. The monoisotopic (exact) mass is 449 g/mol. The van der Waals surface area contributed by atoms with Crippen LogP contribution in [0.25, 0.3) is 10.9 Å². The lowest BCUT2D eigenvalue weighted by Crippen LogP contribution is -2.47. The van der Waals surface area contributed by atoms with E-state index >= 15 is 0 Å². The topological polar surface area (TPSA) is 54.3 Å². The maximum absolute atomic E-state index is 13.9. The number of hydrogen-bond donors (Lipinski definition) is 1. The Bertz CT molecular complexity index is 1160. The minimum Gasteiger partial charge on any atom is -0.351 e. The Hall–Kier alpha value is -2.79. The van der Waals surface area contributed by atoms with E-state index in [2.05, 4.69) is 22.0 Å². The van der Waals surface area contributed by atoms with Gasteiger partial charge < -0.3 is 9.88 Å². The summed E-state index contributed by atoms with van der Waals surface area (Å²) in [6.45, 7) is 0. The number of hydrogen-bond acceptors (Lipinski definition) is 2. The van der Waals surface area contributed by atoms with Crippen LogP contribution in [0, 0.1) is 0 Å². The smallest absolute Gasteiger partial charge is 0.249 e. The molecule has 2 heterocycles. The fourth-order valence-corrected chi connectivity index (χ4v) is 5.51. The molecule has 5 rings (SSSR count). The summed E-state index contributed by atoms with van der Waals surface area (Å²) in [6.07, 6.45) is 6.45. The number of aryl methyl sites for hydroxylation is 2. The van der Waals surface area contributed by atoms with Crippen LogP contribution in [-0.4, -0.2) is 22.4 Å². The molecule has 2 aromatic carbocycles. The fraction of sp³-hybridized carbons (Fsp3) is 0.385. The average Bonchev–Trinajstić information content (AvgIpc) is 2.98. The first kappa shape index (κ1) is 21.1. The van der Waals surface area contributed by atoms with Gasteiger partial charge >= 0.3 is 0 Å². The Morgan fingerprint density at radius 3 is 2.47 bits per heavy atom. The normalized spacial score (nSPS) is 19.6. The lowest BCUT2D eigenvalue weighted by atomic mass is 9.95. The van der Waals surface area contributed by atoms with Gasteiger partial charge in [-0.1, -0.05) is 49.1 Å². The molecule has 0 radical (unpaired) electrons. The standard InChI is InChI=1S/C26H28ClN3O2/c1-29-22-10-6-5-9-20(22)21-15-16-23(31)30(19-13-11-17(27)12-14-19)25(24(21)29)26(32)28-18-7-3-2-4-8-18/h5-6,9-14,18,25H,2-4,7-8,15-16H2,1H3,(H,28,32). The van der Waals surface area contributed by atoms with Gasteiger partial charge in [-0.25, -0.2) is 0 Å². The van der Waals surface area contributed by atoms with E-state index in [0.717, 1.165) is 47.8 Å². The molecule has 0 saturated heterocycles. The number of para-hydroxylation sites is 1. The molecule has 3 aromatic rings. The lowest BCUT2D eigenvalue weighted by Gasteiger charge is -2.32. The molecule has 0 spiro atoms. The van der Waals surface area contributed by atoms with Gasteiger partial charge in [0.15, 0.2) is 6.04 Å². The second-order valence-corrected chi connectivity index (χ2v) is 9.36. The Morgan fingerprint density at radius 2 is 1.72 bits per heavy atom. The van der Waals surface area contributed by atoms with Crippen molar-refractivity contribution in [2.45, 2.75) is 57.0 Å². The molecule has 2 aliphatic rings. The molecule has 1 aromatic heterocycles. The zero-order chi connectivity index (χ0) is 22.2. The summed E-state index contributed by atoms with van der Waals surface area (Å²) in [5.74, 6) is -0.148. The van der Waals surface area contributed by atoms with Crippen LogP contribution in [0.3, 0.4) is 0 Å². The number of anilines is 1. The molecular weight excluding hydrogens is 422 g/mol. The number of carbonyl (C=O) groups is 2. The zero-order valence-corrected chi connectivity index (χ0v) is 19.1. The number of fused-ring (bicyclic) bond motifs is 3. The van der Waals surface area contributed by atoms with Crippen molar-refractivity contribution in [2.24, 2.45) is 7.05 Å². The number of nitrogens with zero attached hydrogens (tertiary/aromatic N) is 2. The SMILES string of the molecule is Cn1c2c(c3ccccc31)CCC(=O)N(c1ccc(Cl)cc1)C2C(=O)NC1CCCCC1. The summed E-state index contributed by atoms with van der Waals surface area (Å²) < 4.78 is 2.09. The van der Waals surface area contributed by atoms with E-state index in [9.17, 15) is 9.59 Å². The highest BCUT2D eigenvalue weighted by Crippen LogP contribution is 2.39. The molecule has 1 aliphatic carbocycles. The van der Waals surface area contributed by atoms with Crippen LogP contribution < -0.4 is 10.2 Å². The molecule has 2 amide bonds. The molecule has 6 heteroatoms. The molecule has 166 valence electrons. The highest BCUT2D eigenvalue weighted by atomic mass is 35.5. The molecule has 1 aliphatic heterocycles. The molecule has 0 bridgehead atoms. The van der Waals surface area contributed by atoms with Gasteiger partial charge in [-0.15, -0.1) is 0 Å². The van der Waals surface area contributed by atoms with Gasteiger partial charge in [0.05, 0.1) is 5.69 Å². The third-order valence-electron chi connectivity index (χ3n) is 6.94. The lowest BCUT2D eigenvalue weighted by molar-refractivity contribution is -0.127. The maximum Gasteiger partial charge on any atom is 0.249 e. The van der Waals surface area contributed by atoms with E-state index in [1.54, 1.807) is 17.0 Å². The summed E-state index contributed by atoms with van der Waals surface area (Å²) in [7, 11) is 2.00. The van der Waals surface area contributed by atoms with E-state index in [-0.39, 0.29) is 17.9 Å². The number of halogens is 1. The minimum atomic E-state index is -0.722. The van der Waals surface area contributed by atoms with E-state index < -0.39 is 6.04 Å². The second kappa shape index (κ2) is 8.62. The van der Waals surface area contributed by atoms with Crippen LogP contribution in [0.15, 0.2) is 48.5 Å². The highest BCUT2D eigenvalue weighted by molar-refractivity contribution is 6.30. The Kier molecular flexibility index (Phi) is 5.68. The van der Waals surface area contributed by atoms with Gasteiger partial charge in [0.2, 0.25) is 11.8 Å². The fourth-order valence-electron chi connectivity index (χ4n) is 5.38. The number of nitrogens with one attached hydrogen (secondary N) is 1. The van der Waals surface area contributed by atoms with Gasteiger partial charge in [0.1, 0.15) is 0 Å². The summed E-state index contributed by atoms with van der Waals surface area (Å²) in [5.41, 5.74) is 3.77. The van der Waals surface area contributed by atoms with Crippen molar-refractivity contribution >= 4 is 40.0 Å². The molecule has 1 unspecified atom stereocenters. The van der Waals surface area contributed by atoms with Crippen molar-refractivity contribution < 1.29 is 9.59 Å². The Balaban J connectivity index is 1.66. The summed E-state index contributed by atoms with van der Waals surface area (Å²) in [6, 6.07) is 14.8. The van der Waals surface area contributed by atoms with Crippen LogP contribution in [-0.2, 0) is 23.1 Å². The maximum atomic E-state index is 13.9. The van der Waals surface area contributed by atoms with Crippen molar-refractivity contribution in [3.63, 3.8) is 0 Å². The summed E-state index contributed by atoms with van der Waals surface area (Å²) in [5, 5.41) is 5.01. The number of amides is 2. The molecule has 5 nitrogen and oxygen atoms in total. The predicted molar refractivity (Wildman–Crippen MR) is 128 cm³/mol. The van der Waals surface area contributed by atoms with E-state index in [1.165, 1.54) is 6.42 Å². The van der Waals surface area contributed by atoms with E-state index in [0.29, 0.717) is 23.6 Å². The van der Waals surface area contributed by atoms with Crippen LogP contribution in [0.5, 0.6) is 0 Å². The first-order valence-electron chi connectivity index (χ1n) is 11.5. The van der Waals surface area contributed by atoms with Crippen LogP contribution >= 0.6 is 11.6 Å². The third-order valence-corrected chi connectivity index (χ3v) is 7.19. The number of aromatic nitrogens is 1. The molecule has 1 saturated carbocycles. The molecule has 1 fully saturated rings. The summed E-state index contributed by atoms with van der Waals surface area (Å²) in [4.78, 5) is 29.0. The van der Waals surface area contributed by atoms with E-state index in [1.807, 2.05) is 31.3 Å². The second-order valence-electron chi connectivity index (χ2n) is 8.93. The quantitative estimate of drug-likeness (QED) is 0.589. The van der Waals surface area contributed by atoms with Gasteiger partial charge in [0, 0.05) is 41.1 Å². The minimum absolute atomic E-state index is 0.0450. The van der Waals surface area contributed by atoms with Crippen molar-refractivity contribution in [1.82, 2.24) is 9.88 Å². The van der Waals surface area contributed by atoms with Gasteiger partial charge in [0.25, 0.3) is 0 Å². The zero-order valence-electron chi connectivity index (χ0n) is 18.3. The van der Waals surface area contributed by atoms with E-state index in [4.69, 9.17) is 11.6 Å². The molecule has 1 N–H and O–H groups in total. The molecular formula is C26H28ClN3O2. The van der Waals surface area contributed by atoms with Crippen LogP contribution in [0.1, 0.15) is 55.8 Å². The van der Waals surface area contributed by atoms with Crippen molar-refractivity contribution in [3.05, 3.63) is 64.8 Å². The van der Waals surface area contributed by atoms with Crippen molar-refractivity contribution in [1.29, 1.82) is 0 Å². The van der Waals surface area contributed by atoms with Crippen LogP contribution in [0.2, 0.25) is 5.02 Å².